The van der Waals surface area contributed by atoms with Crippen LogP contribution in [0.1, 0.15) is 47.4 Å². The summed E-state index contributed by atoms with van der Waals surface area (Å²) in [5.41, 5.74) is 5.27. The molecule has 1 aliphatic heterocycles. The number of fused-ring (bicyclic) bond motifs is 1. The van der Waals surface area contributed by atoms with Crippen LogP contribution in [0.25, 0.3) is 22.1 Å². The molecular weight excluding hydrogens is 476 g/mol. The SMILES string of the molecule is CC(=O)Nc1cccc(C2CCN(CCNC(=O)c3cc4cc(-c5cccc(C#N)c5)ccc4o3)CC2)c1. The van der Waals surface area contributed by atoms with Gasteiger partial charge in [0, 0.05) is 31.1 Å². The molecule has 7 nitrogen and oxygen atoms in total. The number of anilines is 1. The molecule has 5 rings (SSSR count). The second-order valence-electron chi connectivity index (χ2n) is 9.73. The molecule has 0 aliphatic carbocycles. The Morgan fingerprint density at radius 2 is 1.79 bits per heavy atom. The number of rotatable bonds is 7. The van der Waals surface area contributed by atoms with E-state index in [0.717, 1.165) is 54.7 Å². The van der Waals surface area contributed by atoms with Gasteiger partial charge < -0.3 is 20.0 Å². The molecule has 0 atom stereocenters. The highest BCUT2D eigenvalue weighted by Crippen LogP contribution is 2.30. The van der Waals surface area contributed by atoms with E-state index in [1.54, 1.807) is 12.1 Å². The van der Waals surface area contributed by atoms with Gasteiger partial charge in [-0.05, 0) is 91.0 Å². The maximum Gasteiger partial charge on any atom is 0.287 e. The molecule has 1 aliphatic rings. The van der Waals surface area contributed by atoms with Crippen LogP contribution in [-0.2, 0) is 4.79 Å². The zero-order valence-electron chi connectivity index (χ0n) is 21.4. The lowest BCUT2D eigenvalue weighted by molar-refractivity contribution is -0.114. The zero-order chi connectivity index (χ0) is 26.5. The van der Waals surface area contributed by atoms with E-state index in [1.807, 2.05) is 48.5 Å². The van der Waals surface area contributed by atoms with E-state index in [-0.39, 0.29) is 11.8 Å². The van der Waals surface area contributed by atoms with Gasteiger partial charge in [0.2, 0.25) is 5.91 Å². The summed E-state index contributed by atoms with van der Waals surface area (Å²) in [5, 5.41) is 15.9. The minimum absolute atomic E-state index is 0.0614. The molecule has 192 valence electrons. The molecule has 0 radical (unpaired) electrons. The fourth-order valence-electron chi connectivity index (χ4n) is 5.08. The number of furan rings is 1. The molecule has 1 saturated heterocycles. The highest BCUT2D eigenvalue weighted by Gasteiger charge is 2.21. The third-order valence-electron chi connectivity index (χ3n) is 7.04. The van der Waals surface area contributed by atoms with Crippen molar-refractivity contribution in [2.45, 2.75) is 25.7 Å². The fraction of sp³-hybridized carbons (Fsp3) is 0.258. The van der Waals surface area contributed by atoms with Gasteiger partial charge in [-0.3, -0.25) is 9.59 Å². The number of nitrogens with one attached hydrogen (secondary N) is 2. The zero-order valence-corrected chi connectivity index (χ0v) is 21.4. The van der Waals surface area contributed by atoms with Crippen LogP contribution in [0.2, 0.25) is 0 Å². The van der Waals surface area contributed by atoms with Crippen molar-refractivity contribution >= 4 is 28.5 Å². The van der Waals surface area contributed by atoms with Crippen LogP contribution in [0.15, 0.2) is 77.2 Å². The first kappa shape index (κ1) is 25.2. The monoisotopic (exact) mass is 506 g/mol. The molecule has 0 unspecified atom stereocenters. The van der Waals surface area contributed by atoms with Gasteiger partial charge in [-0.1, -0.05) is 30.3 Å². The Bertz CT molecular complexity index is 1510. The Balaban J connectivity index is 1.12. The Morgan fingerprint density at radius 3 is 2.58 bits per heavy atom. The van der Waals surface area contributed by atoms with Crippen molar-refractivity contribution < 1.29 is 14.0 Å². The molecule has 7 heteroatoms. The van der Waals surface area contributed by atoms with Crippen molar-refractivity contribution in [3.05, 3.63) is 89.7 Å². The number of amides is 2. The van der Waals surface area contributed by atoms with E-state index in [2.05, 4.69) is 33.7 Å². The summed E-state index contributed by atoms with van der Waals surface area (Å²) in [6.45, 7) is 4.78. The van der Waals surface area contributed by atoms with Gasteiger partial charge in [-0.2, -0.15) is 5.26 Å². The molecule has 1 aromatic heterocycles. The molecular formula is C31H30N4O3. The van der Waals surface area contributed by atoms with Crippen LogP contribution >= 0.6 is 0 Å². The summed E-state index contributed by atoms with van der Waals surface area (Å²) in [7, 11) is 0. The van der Waals surface area contributed by atoms with E-state index in [4.69, 9.17) is 9.68 Å². The molecule has 0 saturated carbocycles. The van der Waals surface area contributed by atoms with Gasteiger partial charge >= 0.3 is 0 Å². The maximum atomic E-state index is 12.8. The Morgan fingerprint density at radius 1 is 1.00 bits per heavy atom. The smallest absolute Gasteiger partial charge is 0.287 e. The number of likely N-dealkylation sites (tertiary alicyclic amines) is 1. The number of nitrogens with zero attached hydrogens (tertiary/aromatic N) is 2. The van der Waals surface area contributed by atoms with E-state index in [9.17, 15) is 9.59 Å². The summed E-state index contributed by atoms with van der Waals surface area (Å²) < 4.78 is 5.80. The number of hydrogen-bond acceptors (Lipinski definition) is 5. The number of carbonyl (C=O) groups excluding carboxylic acids is 2. The Kier molecular flexibility index (Phi) is 7.52. The van der Waals surface area contributed by atoms with Gasteiger partial charge in [0.15, 0.2) is 5.76 Å². The van der Waals surface area contributed by atoms with Crippen LogP contribution < -0.4 is 10.6 Å². The molecule has 0 spiro atoms. The second kappa shape index (κ2) is 11.3. The summed E-state index contributed by atoms with van der Waals surface area (Å²) in [4.78, 5) is 26.5. The topological polar surface area (TPSA) is 98.4 Å². The largest absolute Gasteiger partial charge is 0.451 e. The lowest BCUT2D eigenvalue weighted by Crippen LogP contribution is -2.39. The van der Waals surface area contributed by atoms with E-state index in [1.165, 1.54) is 12.5 Å². The maximum absolute atomic E-state index is 12.8. The lowest BCUT2D eigenvalue weighted by atomic mass is 9.89. The molecule has 2 heterocycles. The summed E-state index contributed by atoms with van der Waals surface area (Å²) in [6, 6.07) is 25.3. The van der Waals surface area contributed by atoms with E-state index in [0.29, 0.717) is 29.4 Å². The Labute approximate surface area is 222 Å². The first-order valence-electron chi connectivity index (χ1n) is 12.9. The third kappa shape index (κ3) is 5.93. The number of nitriles is 1. The Hall–Kier alpha value is -4.41. The molecule has 38 heavy (non-hydrogen) atoms. The molecule has 0 bridgehead atoms. The van der Waals surface area contributed by atoms with Crippen molar-refractivity contribution in [2.75, 3.05) is 31.5 Å². The first-order valence-corrected chi connectivity index (χ1v) is 12.9. The molecule has 4 aromatic rings. The number of carbonyl (C=O) groups is 2. The predicted octanol–water partition coefficient (Wildman–Crippen LogP) is 5.54. The molecule has 1 fully saturated rings. The average Bonchev–Trinajstić information content (AvgIpc) is 3.37. The minimum Gasteiger partial charge on any atom is -0.451 e. The number of piperidine rings is 1. The summed E-state index contributed by atoms with van der Waals surface area (Å²) in [5.74, 6) is 0.477. The lowest BCUT2D eigenvalue weighted by Gasteiger charge is -2.32. The van der Waals surface area contributed by atoms with Crippen LogP contribution in [0.4, 0.5) is 5.69 Å². The second-order valence-corrected chi connectivity index (χ2v) is 9.73. The highest BCUT2D eigenvalue weighted by atomic mass is 16.3. The number of benzene rings is 3. The van der Waals surface area contributed by atoms with Crippen LogP contribution in [0.3, 0.4) is 0 Å². The average molecular weight is 507 g/mol. The van der Waals surface area contributed by atoms with Crippen LogP contribution in [-0.4, -0.2) is 42.9 Å². The first-order chi connectivity index (χ1) is 18.5. The third-order valence-corrected chi connectivity index (χ3v) is 7.04. The fourth-order valence-corrected chi connectivity index (χ4v) is 5.08. The van der Waals surface area contributed by atoms with Crippen molar-refractivity contribution in [2.24, 2.45) is 0 Å². The van der Waals surface area contributed by atoms with E-state index < -0.39 is 0 Å². The van der Waals surface area contributed by atoms with Crippen molar-refractivity contribution in [3.8, 4) is 17.2 Å². The van der Waals surface area contributed by atoms with Gasteiger partial charge in [-0.15, -0.1) is 0 Å². The van der Waals surface area contributed by atoms with Gasteiger partial charge in [0.1, 0.15) is 5.58 Å². The van der Waals surface area contributed by atoms with Crippen molar-refractivity contribution in [1.29, 1.82) is 5.26 Å². The van der Waals surface area contributed by atoms with Crippen LogP contribution in [0, 0.1) is 11.3 Å². The molecule has 2 N–H and O–H groups in total. The quantitative estimate of drug-likeness (QED) is 0.343. The normalized spacial score (nSPS) is 14.2. The van der Waals surface area contributed by atoms with Crippen molar-refractivity contribution in [3.63, 3.8) is 0 Å². The van der Waals surface area contributed by atoms with Crippen molar-refractivity contribution in [1.82, 2.24) is 10.2 Å². The van der Waals surface area contributed by atoms with Crippen LogP contribution in [0.5, 0.6) is 0 Å². The minimum atomic E-state index is -0.223. The highest BCUT2D eigenvalue weighted by molar-refractivity contribution is 5.97. The summed E-state index contributed by atoms with van der Waals surface area (Å²) in [6.07, 6.45) is 2.08. The standard InChI is InChI=1S/C31H30N4O3/c1-21(36)34-28-7-3-6-25(18-28)23-10-13-35(14-11-23)15-12-33-31(37)30-19-27-17-26(8-9-29(27)38-30)24-5-2-4-22(16-24)20-32/h2-9,16-19,23H,10-15H2,1H3,(H,33,37)(H,34,36). The molecule has 3 aromatic carbocycles. The van der Waals surface area contributed by atoms with Gasteiger partial charge in [0.25, 0.3) is 5.91 Å². The van der Waals surface area contributed by atoms with E-state index >= 15 is 0 Å². The van der Waals surface area contributed by atoms with Gasteiger partial charge in [0.05, 0.1) is 11.6 Å². The molecule has 2 amide bonds. The van der Waals surface area contributed by atoms with Gasteiger partial charge in [-0.25, -0.2) is 0 Å². The predicted molar refractivity (Wildman–Crippen MR) is 148 cm³/mol. The summed E-state index contributed by atoms with van der Waals surface area (Å²) >= 11 is 0. The number of hydrogen-bond donors (Lipinski definition) is 2.